The molecule has 0 aliphatic heterocycles. The Labute approximate surface area is 43.0 Å². The minimum Gasteiger partial charge on any atom is -0.508 e. The van der Waals surface area contributed by atoms with Crippen LogP contribution in [0.25, 0.3) is 0 Å². The lowest BCUT2D eigenvalue weighted by molar-refractivity contribution is 0.425. The van der Waals surface area contributed by atoms with Gasteiger partial charge in [0.2, 0.25) is 0 Å². The van der Waals surface area contributed by atoms with Gasteiger partial charge in [0.15, 0.2) is 0 Å². The largest absolute Gasteiger partial charge is 0.508 e. The van der Waals surface area contributed by atoms with Crippen LogP contribution in [0.15, 0.2) is 23.5 Å². The Hall–Kier alpha value is -0.720. The zero-order valence-electron chi connectivity index (χ0n) is 4.31. The monoisotopic (exact) mass is 96.1 g/mol. The van der Waals surface area contributed by atoms with Gasteiger partial charge in [0, 0.05) is 0 Å². The molecule has 1 rings (SSSR count). The normalized spacial score (nSPS) is 19.0. The summed E-state index contributed by atoms with van der Waals surface area (Å²) >= 11 is 0. The maximum absolute atomic E-state index is 8.79. The molecule has 0 heterocycles. The van der Waals surface area contributed by atoms with Crippen molar-refractivity contribution >= 4 is 0 Å². The SMILES string of the molecule is CC1=CCC=C1O. The molecule has 0 atom stereocenters. The minimum atomic E-state index is 0.444. The van der Waals surface area contributed by atoms with Gasteiger partial charge in [0.25, 0.3) is 0 Å². The molecule has 38 valence electrons. The van der Waals surface area contributed by atoms with Crippen LogP contribution in [0.3, 0.4) is 0 Å². The Morgan fingerprint density at radius 2 is 2.29 bits per heavy atom. The summed E-state index contributed by atoms with van der Waals surface area (Å²) in [5.74, 6) is 0.444. The Morgan fingerprint density at radius 1 is 1.57 bits per heavy atom. The van der Waals surface area contributed by atoms with E-state index in [2.05, 4.69) is 0 Å². The number of allylic oxidation sites excluding steroid dienone is 3. The molecule has 0 aromatic carbocycles. The molecular formula is C6H8O. The van der Waals surface area contributed by atoms with Crippen LogP contribution < -0.4 is 0 Å². The predicted octanol–water partition coefficient (Wildman–Crippen LogP) is 1.78. The Kier molecular flexibility index (Phi) is 0.895. The van der Waals surface area contributed by atoms with Crippen molar-refractivity contribution in [3.05, 3.63) is 23.5 Å². The molecule has 0 amide bonds. The van der Waals surface area contributed by atoms with Crippen molar-refractivity contribution in [2.75, 3.05) is 0 Å². The summed E-state index contributed by atoms with van der Waals surface area (Å²) < 4.78 is 0. The zero-order chi connectivity index (χ0) is 5.28. The van der Waals surface area contributed by atoms with Gasteiger partial charge in [0.1, 0.15) is 5.76 Å². The molecule has 1 heteroatoms. The fourth-order valence-corrected chi connectivity index (χ4v) is 0.613. The lowest BCUT2D eigenvalue weighted by Crippen LogP contribution is -1.73. The van der Waals surface area contributed by atoms with Crippen LogP contribution in [-0.2, 0) is 0 Å². The first kappa shape index (κ1) is 4.44. The summed E-state index contributed by atoms with van der Waals surface area (Å²) in [6, 6.07) is 0. The van der Waals surface area contributed by atoms with Gasteiger partial charge in [-0.15, -0.1) is 0 Å². The van der Waals surface area contributed by atoms with E-state index in [0.29, 0.717) is 5.76 Å². The molecule has 0 aromatic heterocycles. The van der Waals surface area contributed by atoms with Crippen molar-refractivity contribution in [1.29, 1.82) is 0 Å². The topological polar surface area (TPSA) is 20.2 Å². The molecule has 0 aromatic rings. The second-order valence-corrected chi connectivity index (χ2v) is 1.71. The fourth-order valence-electron chi connectivity index (χ4n) is 0.613. The summed E-state index contributed by atoms with van der Waals surface area (Å²) in [6.07, 6.45) is 4.70. The van der Waals surface area contributed by atoms with Gasteiger partial charge in [-0.2, -0.15) is 0 Å². The maximum atomic E-state index is 8.79. The van der Waals surface area contributed by atoms with E-state index >= 15 is 0 Å². The van der Waals surface area contributed by atoms with Crippen LogP contribution in [0.5, 0.6) is 0 Å². The average Bonchev–Trinajstić information content (AvgIpc) is 1.91. The molecule has 0 radical (unpaired) electrons. The second kappa shape index (κ2) is 1.41. The highest BCUT2D eigenvalue weighted by Crippen LogP contribution is 2.13. The Balaban J connectivity index is 2.78. The molecule has 1 nitrogen and oxygen atoms in total. The van der Waals surface area contributed by atoms with E-state index in [9.17, 15) is 0 Å². The standard InChI is InChI=1S/C6H8O/c1-5-3-2-4-6(5)7/h3-4,7H,2H2,1H3. The van der Waals surface area contributed by atoms with Crippen LogP contribution in [0.4, 0.5) is 0 Å². The molecule has 0 bridgehead atoms. The highest BCUT2D eigenvalue weighted by atomic mass is 16.3. The summed E-state index contributed by atoms with van der Waals surface area (Å²) in [4.78, 5) is 0. The number of hydrogen-bond acceptors (Lipinski definition) is 1. The number of hydrogen-bond donors (Lipinski definition) is 1. The van der Waals surface area contributed by atoms with E-state index in [1.54, 1.807) is 6.08 Å². The molecule has 0 spiro atoms. The highest BCUT2D eigenvalue weighted by molar-refractivity contribution is 5.29. The van der Waals surface area contributed by atoms with Gasteiger partial charge in [-0.1, -0.05) is 6.08 Å². The van der Waals surface area contributed by atoms with Crippen LogP contribution in [0.2, 0.25) is 0 Å². The summed E-state index contributed by atoms with van der Waals surface area (Å²) in [7, 11) is 0. The summed E-state index contributed by atoms with van der Waals surface area (Å²) in [6.45, 7) is 1.90. The molecule has 1 aliphatic carbocycles. The summed E-state index contributed by atoms with van der Waals surface area (Å²) in [5.41, 5.74) is 1.00. The van der Waals surface area contributed by atoms with Crippen molar-refractivity contribution in [3.8, 4) is 0 Å². The van der Waals surface area contributed by atoms with Crippen LogP contribution >= 0.6 is 0 Å². The number of aliphatic hydroxyl groups is 1. The fraction of sp³-hybridized carbons (Fsp3) is 0.333. The number of aliphatic hydroxyl groups excluding tert-OH is 1. The molecule has 7 heavy (non-hydrogen) atoms. The van der Waals surface area contributed by atoms with E-state index in [-0.39, 0.29) is 0 Å². The van der Waals surface area contributed by atoms with Crippen LogP contribution in [0, 0.1) is 0 Å². The molecule has 0 saturated carbocycles. The minimum absolute atomic E-state index is 0.444. The lowest BCUT2D eigenvalue weighted by Gasteiger charge is -1.87. The van der Waals surface area contributed by atoms with Gasteiger partial charge in [0.05, 0.1) is 0 Å². The van der Waals surface area contributed by atoms with Gasteiger partial charge in [-0.3, -0.25) is 0 Å². The van der Waals surface area contributed by atoms with E-state index in [1.807, 2.05) is 13.0 Å². The summed E-state index contributed by atoms with van der Waals surface area (Å²) in [5, 5.41) is 8.79. The van der Waals surface area contributed by atoms with Crippen LogP contribution in [0.1, 0.15) is 13.3 Å². The molecule has 0 unspecified atom stereocenters. The Bertz CT molecular complexity index is 115. The zero-order valence-corrected chi connectivity index (χ0v) is 4.31. The van der Waals surface area contributed by atoms with Crippen molar-refractivity contribution in [2.24, 2.45) is 0 Å². The number of rotatable bonds is 0. The molecule has 0 saturated heterocycles. The van der Waals surface area contributed by atoms with E-state index in [1.165, 1.54) is 0 Å². The molecule has 1 N–H and O–H groups in total. The molecule has 1 aliphatic rings. The second-order valence-electron chi connectivity index (χ2n) is 1.71. The highest BCUT2D eigenvalue weighted by Gasteiger charge is 1.99. The lowest BCUT2D eigenvalue weighted by atomic mass is 10.3. The van der Waals surface area contributed by atoms with Gasteiger partial charge < -0.3 is 5.11 Å². The van der Waals surface area contributed by atoms with Gasteiger partial charge >= 0.3 is 0 Å². The quantitative estimate of drug-likeness (QED) is 0.487. The van der Waals surface area contributed by atoms with Crippen molar-refractivity contribution < 1.29 is 5.11 Å². The van der Waals surface area contributed by atoms with Crippen molar-refractivity contribution in [3.63, 3.8) is 0 Å². The first-order chi connectivity index (χ1) is 3.30. The van der Waals surface area contributed by atoms with Gasteiger partial charge in [-0.25, -0.2) is 0 Å². The maximum Gasteiger partial charge on any atom is 0.114 e. The third kappa shape index (κ3) is 0.660. The van der Waals surface area contributed by atoms with E-state index in [4.69, 9.17) is 5.11 Å². The van der Waals surface area contributed by atoms with E-state index in [0.717, 1.165) is 12.0 Å². The van der Waals surface area contributed by atoms with Crippen molar-refractivity contribution in [1.82, 2.24) is 0 Å². The third-order valence-corrected chi connectivity index (χ3v) is 1.14. The Morgan fingerprint density at radius 3 is 2.43 bits per heavy atom. The molecule has 0 fully saturated rings. The van der Waals surface area contributed by atoms with Crippen molar-refractivity contribution in [2.45, 2.75) is 13.3 Å². The van der Waals surface area contributed by atoms with Crippen LogP contribution in [-0.4, -0.2) is 5.11 Å². The average molecular weight is 96.1 g/mol. The smallest absolute Gasteiger partial charge is 0.114 e. The first-order valence-corrected chi connectivity index (χ1v) is 2.37. The predicted molar refractivity (Wildman–Crippen MR) is 29.1 cm³/mol. The van der Waals surface area contributed by atoms with Gasteiger partial charge in [-0.05, 0) is 25.0 Å². The first-order valence-electron chi connectivity index (χ1n) is 2.37. The molecular weight excluding hydrogens is 88.1 g/mol. The van der Waals surface area contributed by atoms with E-state index < -0.39 is 0 Å². The third-order valence-electron chi connectivity index (χ3n) is 1.14.